The van der Waals surface area contributed by atoms with Gasteiger partial charge in [-0.3, -0.25) is 9.59 Å². The van der Waals surface area contributed by atoms with Crippen molar-refractivity contribution in [3.63, 3.8) is 0 Å². The summed E-state index contributed by atoms with van der Waals surface area (Å²) in [6, 6.07) is 8.95. The van der Waals surface area contributed by atoms with E-state index in [1.165, 1.54) is 31.4 Å². The fourth-order valence-electron chi connectivity index (χ4n) is 2.99. The molecule has 1 saturated heterocycles. The average molecular weight is 357 g/mol. The van der Waals surface area contributed by atoms with E-state index >= 15 is 0 Å². The number of likely N-dealkylation sites (tertiary alicyclic amines) is 1. The molecule has 1 aromatic carbocycles. The Morgan fingerprint density at radius 2 is 1.88 bits per heavy atom. The number of amides is 2. The lowest BCUT2D eigenvalue weighted by molar-refractivity contribution is -0.121. The molecule has 3 rings (SSSR count). The average Bonchev–Trinajstić information content (AvgIpc) is 2.68. The Bertz CT molecular complexity index is 787. The second-order valence-electron chi connectivity index (χ2n) is 6.12. The fraction of sp³-hybridized carbons (Fsp3) is 0.316. The predicted molar refractivity (Wildman–Crippen MR) is 94.4 cm³/mol. The summed E-state index contributed by atoms with van der Waals surface area (Å²) in [6.45, 7) is 0.960. The van der Waals surface area contributed by atoms with Gasteiger partial charge in [-0.25, -0.2) is 9.37 Å². The zero-order valence-corrected chi connectivity index (χ0v) is 14.4. The predicted octanol–water partition coefficient (Wildman–Crippen LogP) is 2.72. The molecule has 0 unspecified atom stereocenters. The molecule has 1 N–H and O–H groups in total. The Morgan fingerprint density at radius 1 is 1.19 bits per heavy atom. The van der Waals surface area contributed by atoms with Crippen LogP contribution in [0.2, 0.25) is 0 Å². The first kappa shape index (κ1) is 17.8. The van der Waals surface area contributed by atoms with Gasteiger partial charge in [0.2, 0.25) is 5.91 Å². The number of hydrogen-bond donors (Lipinski definition) is 1. The van der Waals surface area contributed by atoms with Gasteiger partial charge in [-0.1, -0.05) is 0 Å². The topological polar surface area (TPSA) is 71.5 Å². The Hall–Kier alpha value is -2.96. The number of carbonyl (C=O) groups is 2. The van der Waals surface area contributed by atoms with E-state index < -0.39 is 0 Å². The third-order valence-corrected chi connectivity index (χ3v) is 4.48. The van der Waals surface area contributed by atoms with E-state index in [2.05, 4.69) is 10.3 Å². The minimum atomic E-state index is -0.373. The molecule has 1 aromatic heterocycles. The Balaban J connectivity index is 1.57. The van der Waals surface area contributed by atoms with Gasteiger partial charge in [0.25, 0.3) is 5.91 Å². The number of pyridine rings is 1. The number of ether oxygens (including phenoxy) is 1. The minimum absolute atomic E-state index is 0.129. The molecular weight excluding hydrogens is 337 g/mol. The van der Waals surface area contributed by atoms with Crippen molar-refractivity contribution in [3.8, 4) is 5.75 Å². The fourth-order valence-corrected chi connectivity index (χ4v) is 2.99. The standard InChI is InChI=1S/C19H20FN3O3/c1-26-16-3-2-10-21-17(16)22-18(24)13-8-11-23(12-9-13)19(25)14-4-6-15(20)7-5-14/h2-7,10,13H,8-9,11-12H2,1H3,(H,21,22,24). The van der Waals surface area contributed by atoms with E-state index in [-0.39, 0.29) is 23.5 Å². The molecule has 0 atom stereocenters. The molecule has 0 spiro atoms. The summed E-state index contributed by atoms with van der Waals surface area (Å²) in [6.07, 6.45) is 2.71. The Labute approximate surface area is 151 Å². The van der Waals surface area contributed by atoms with Gasteiger partial charge in [-0.15, -0.1) is 0 Å². The van der Waals surface area contributed by atoms with E-state index in [1.54, 1.807) is 23.2 Å². The molecule has 2 aromatic rings. The number of nitrogens with one attached hydrogen (secondary N) is 1. The van der Waals surface area contributed by atoms with Crippen LogP contribution >= 0.6 is 0 Å². The maximum atomic E-state index is 13.0. The maximum absolute atomic E-state index is 13.0. The van der Waals surface area contributed by atoms with E-state index in [1.807, 2.05) is 0 Å². The summed E-state index contributed by atoms with van der Waals surface area (Å²) in [5.74, 6) is 0.0570. The van der Waals surface area contributed by atoms with Crippen LogP contribution in [-0.2, 0) is 4.79 Å². The van der Waals surface area contributed by atoms with Crippen LogP contribution < -0.4 is 10.1 Å². The summed E-state index contributed by atoms with van der Waals surface area (Å²) in [4.78, 5) is 30.7. The molecule has 136 valence electrons. The summed E-state index contributed by atoms with van der Waals surface area (Å²) >= 11 is 0. The van der Waals surface area contributed by atoms with Crippen LogP contribution in [-0.4, -0.2) is 41.9 Å². The van der Waals surface area contributed by atoms with Crippen LogP contribution in [0.3, 0.4) is 0 Å². The van der Waals surface area contributed by atoms with Crippen LogP contribution in [0, 0.1) is 11.7 Å². The highest BCUT2D eigenvalue weighted by molar-refractivity contribution is 5.95. The summed E-state index contributed by atoms with van der Waals surface area (Å²) in [5, 5.41) is 2.79. The number of benzene rings is 1. The molecule has 26 heavy (non-hydrogen) atoms. The number of aromatic nitrogens is 1. The van der Waals surface area contributed by atoms with E-state index in [0.29, 0.717) is 43.1 Å². The van der Waals surface area contributed by atoms with Gasteiger partial charge in [-0.2, -0.15) is 0 Å². The SMILES string of the molecule is COc1cccnc1NC(=O)C1CCN(C(=O)c2ccc(F)cc2)CC1. The highest BCUT2D eigenvalue weighted by Gasteiger charge is 2.28. The van der Waals surface area contributed by atoms with Crippen molar-refractivity contribution in [3.05, 3.63) is 54.0 Å². The first-order valence-corrected chi connectivity index (χ1v) is 8.43. The number of methoxy groups -OCH3 is 1. The van der Waals surface area contributed by atoms with Crippen molar-refractivity contribution in [2.24, 2.45) is 5.92 Å². The van der Waals surface area contributed by atoms with Crippen molar-refractivity contribution in [1.29, 1.82) is 0 Å². The summed E-state index contributed by atoms with van der Waals surface area (Å²) in [5.41, 5.74) is 0.451. The van der Waals surface area contributed by atoms with Gasteiger partial charge in [0.1, 0.15) is 5.82 Å². The van der Waals surface area contributed by atoms with Gasteiger partial charge in [0, 0.05) is 30.8 Å². The minimum Gasteiger partial charge on any atom is -0.493 e. The third-order valence-electron chi connectivity index (χ3n) is 4.48. The second kappa shape index (κ2) is 7.95. The van der Waals surface area contributed by atoms with Gasteiger partial charge in [0.05, 0.1) is 7.11 Å². The van der Waals surface area contributed by atoms with Gasteiger partial charge >= 0.3 is 0 Å². The number of hydrogen-bond acceptors (Lipinski definition) is 4. The summed E-state index contributed by atoms with van der Waals surface area (Å²) in [7, 11) is 1.52. The molecule has 1 aliphatic heterocycles. The molecule has 7 heteroatoms. The largest absolute Gasteiger partial charge is 0.493 e. The molecule has 1 aliphatic rings. The normalized spacial score (nSPS) is 14.8. The zero-order valence-electron chi connectivity index (χ0n) is 14.4. The molecule has 0 bridgehead atoms. The molecule has 2 heterocycles. The first-order chi connectivity index (χ1) is 12.6. The number of anilines is 1. The molecule has 6 nitrogen and oxygen atoms in total. The van der Waals surface area contributed by atoms with Crippen LogP contribution in [0.1, 0.15) is 23.2 Å². The van der Waals surface area contributed by atoms with E-state index in [4.69, 9.17) is 4.74 Å². The molecule has 0 radical (unpaired) electrons. The van der Waals surface area contributed by atoms with Crippen molar-refractivity contribution in [2.45, 2.75) is 12.8 Å². The number of rotatable bonds is 4. The van der Waals surface area contributed by atoms with Crippen molar-refractivity contribution >= 4 is 17.6 Å². The van der Waals surface area contributed by atoms with Gasteiger partial charge in [-0.05, 0) is 49.2 Å². The summed E-state index contributed by atoms with van der Waals surface area (Å²) < 4.78 is 18.2. The van der Waals surface area contributed by atoms with E-state index in [0.717, 1.165) is 0 Å². The van der Waals surface area contributed by atoms with Crippen molar-refractivity contribution in [2.75, 3.05) is 25.5 Å². The monoisotopic (exact) mass is 357 g/mol. The quantitative estimate of drug-likeness (QED) is 0.913. The lowest BCUT2D eigenvalue weighted by Crippen LogP contribution is -2.41. The van der Waals surface area contributed by atoms with Gasteiger partial charge < -0.3 is 15.0 Å². The number of piperidine rings is 1. The van der Waals surface area contributed by atoms with Gasteiger partial charge in [0.15, 0.2) is 11.6 Å². The van der Waals surface area contributed by atoms with Crippen LogP contribution in [0.5, 0.6) is 5.75 Å². The zero-order chi connectivity index (χ0) is 18.5. The Morgan fingerprint density at radius 3 is 2.54 bits per heavy atom. The van der Waals surface area contributed by atoms with Crippen molar-refractivity contribution in [1.82, 2.24) is 9.88 Å². The lowest BCUT2D eigenvalue weighted by atomic mass is 9.95. The Kier molecular flexibility index (Phi) is 5.46. The smallest absolute Gasteiger partial charge is 0.253 e. The van der Waals surface area contributed by atoms with Crippen LogP contribution in [0.15, 0.2) is 42.6 Å². The van der Waals surface area contributed by atoms with Crippen LogP contribution in [0.25, 0.3) is 0 Å². The third kappa shape index (κ3) is 3.99. The molecule has 0 aliphatic carbocycles. The maximum Gasteiger partial charge on any atom is 0.253 e. The first-order valence-electron chi connectivity index (χ1n) is 8.43. The van der Waals surface area contributed by atoms with E-state index in [9.17, 15) is 14.0 Å². The highest BCUT2D eigenvalue weighted by Crippen LogP contribution is 2.24. The number of carbonyl (C=O) groups excluding carboxylic acids is 2. The molecule has 1 fully saturated rings. The van der Waals surface area contributed by atoms with Crippen LogP contribution in [0.4, 0.5) is 10.2 Å². The second-order valence-corrected chi connectivity index (χ2v) is 6.12. The molecule has 2 amide bonds. The number of nitrogens with zero attached hydrogens (tertiary/aromatic N) is 2. The molecule has 0 saturated carbocycles. The highest BCUT2D eigenvalue weighted by atomic mass is 19.1. The number of halogens is 1. The lowest BCUT2D eigenvalue weighted by Gasteiger charge is -2.31. The van der Waals surface area contributed by atoms with Crippen molar-refractivity contribution < 1.29 is 18.7 Å². The molecular formula is C19H20FN3O3.